The first kappa shape index (κ1) is 7.25. The zero-order valence-electron chi connectivity index (χ0n) is 5.70. The van der Waals surface area contributed by atoms with Gasteiger partial charge in [-0.1, -0.05) is 42.1 Å². The van der Waals surface area contributed by atoms with Crippen LogP contribution in [0.2, 0.25) is 0 Å². The van der Waals surface area contributed by atoms with Crippen molar-refractivity contribution in [3.05, 3.63) is 41.6 Å². The molecule has 0 radical (unpaired) electrons. The molecule has 1 nitrogen and oxygen atoms in total. The second kappa shape index (κ2) is 4.03. The maximum absolute atomic E-state index is 8.58. The van der Waals surface area contributed by atoms with Gasteiger partial charge in [-0.05, 0) is 5.56 Å². The molecule has 0 saturated carbocycles. The molecular weight excluding hydrogens is 140 g/mol. The fourth-order valence-corrected chi connectivity index (χ4v) is 1.13. The molecule has 52 valence electrons. The molecule has 1 aromatic carbocycles. The van der Waals surface area contributed by atoms with Crippen LogP contribution < -0.4 is 0 Å². The van der Waals surface area contributed by atoms with E-state index < -0.39 is 9.76 Å². The summed E-state index contributed by atoms with van der Waals surface area (Å²) in [6.07, 6.45) is 1.95. The lowest BCUT2D eigenvalue weighted by molar-refractivity contribution is 0.615. The summed E-state index contributed by atoms with van der Waals surface area (Å²) in [5.41, 5.74) is 3.01. The Labute approximate surface area is 63.0 Å². The zero-order chi connectivity index (χ0) is 7.23. The van der Waals surface area contributed by atoms with Gasteiger partial charge in [0.1, 0.15) is 0 Å². The van der Waals surface area contributed by atoms with Crippen LogP contribution >= 0.6 is 0 Å². The van der Waals surface area contributed by atoms with Crippen molar-refractivity contribution in [1.82, 2.24) is 0 Å². The Hall–Kier alpha value is -0.863. The van der Waals surface area contributed by atoms with Gasteiger partial charge in [-0.2, -0.15) is 0 Å². The van der Waals surface area contributed by atoms with Crippen LogP contribution in [0.3, 0.4) is 0 Å². The second-order valence-electron chi connectivity index (χ2n) is 2.00. The van der Waals surface area contributed by atoms with Crippen molar-refractivity contribution in [2.45, 2.75) is 0 Å². The smallest absolute Gasteiger partial charge is 0.180 e. The molecule has 0 amide bonds. The molecule has 0 aliphatic carbocycles. The number of hydrogen-bond acceptors (Lipinski definition) is 1. The summed E-state index contributed by atoms with van der Waals surface area (Å²) >= 11 is 0. The molecule has 0 bridgehead atoms. The van der Waals surface area contributed by atoms with Crippen molar-refractivity contribution in [3.8, 4) is 0 Å². The van der Waals surface area contributed by atoms with E-state index in [2.05, 4.69) is 0 Å². The topological polar surface area (TPSA) is 20.2 Å². The first-order chi connectivity index (χ1) is 4.93. The van der Waals surface area contributed by atoms with E-state index in [1.807, 2.05) is 42.1 Å². The summed E-state index contributed by atoms with van der Waals surface area (Å²) in [5, 5.41) is 0. The van der Waals surface area contributed by atoms with Gasteiger partial charge >= 0.3 is 0 Å². The predicted octanol–water partition coefficient (Wildman–Crippen LogP) is 0.733. The zero-order valence-corrected chi connectivity index (χ0v) is 7.11. The fourth-order valence-electron chi connectivity index (χ4n) is 0.753. The Morgan fingerprint density at radius 2 is 1.90 bits per heavy atom. The fraction of sp³-hybridized carbons (Fsp3) is 0. The molecule has 1 rings (SSSR count). The average Bonchev–Trinajstić information content (AvgIpc) is 2.03. The van der Waals surface area contributed by atoms with Crippen LogP contribution in [0.4, 0.5) is 0 Å². The SMILES string of the molecule is O[SiH2]/C=C/c1ccccc1. The highest BCUT2D eigenvalue weighted by Crippen LogP contribution is 1.99. The third kappa shape index (κ3) is 2.17. The van der Waals surface area contributed by atoms with Gasteiger partial charge in [0, 0.05) is 0 Å². The largest absolute Gasteiger partial charge is 0.434 e. The molecule has 0 fully saturated rings. The van der Waals surface area contributed by atoms with Gasteiger partial charge in [0.25, 0.3) is 0 Å². The lowest BCUT2D eigenvalue weighted by Crippen LogP contribution is -1.77. The normalized spacial score (nSPS) is 11.7. The molecular formula is C8H10OSi. The lowest BCUT2D eigenvalue weighted by Gasteiger charge is -1.88. The quantitative estimate of drug-likeness (QED) is 0.616. The highest BCUT2D eigenvalue weighted by Gasteiger charge is 1.79. The van der Waals surface area contributed by atoms with Crippen LogP contribution in [0, 0.1) is 0 Å². The molecule has 1 aromatic rings. The minimum atomic E-state index is -0.910. The van der Waals surface area contributed by atoms with Gasteiger partial charge in [0.2, 0.25) is 0 Å². The maximum Gasteiger partial charge on any atom is 0.180 e. The van der Waals surface area contributed by atoms with Gasteiger partial charge in [0.05, 0.1) is 0 Å². The molecule has 0 aromatic heterocycles. The van der Waals surface area contributed by atoms with E-state index in [0.29, 0.717) is 0 Å². The van der Waals surface area contributed by atoms with Crippen LogP contribution in [0.1, 0.15) is 5.56 Å². The third-order valence-electron chi connectivity index (χ3n) is 1.22. The molecule has 0 saturated heterocycles. The van der Waals surface area contributed by atoms with Crippen LogP contribution in [0.5, 0.6) is 0 Å². The summed E-state index contributed by atoms with van der Waals surface area (Å²) in [5.74, 6) is 0. The molecule has 0 atom stereocenters. The summed E-state index contributed by atoms with van der Waals surface area (Å²) < 4.78 is 0. The number of rotatable bonds is 2. The van der Waals surface area contributed by atoms with Crippen molar-refractivity contribution in [1.29, 1.82) is 0 Å². The van der Waals surface area contributed by atoms with Crippen LogP contribution in [0.15, 0.2) is 36.0 Å². The maximum atomic E-state index is 8.58. The van der Waals surface area contributed by atoms with Crippen molar-refractivity contribution >= 4 is 15.8 Å². The number of hydrogen-bond donors (Lipinski definition) is 1. The average molecular weight is 150 g/mol. The first-order valence-electron chi connectivity index (χ1n) is 3.26. The second-order valence-corrected chi connectivity index (χ2v) is 2.83. The minimum absolute atomic E-state index is 0.910. The van der Waals surface area contributed by atoms with Crippen LogP contribution in [0.25, 0.3) is 6.08 Å². The Kier molecular flexibility index (Phi) is 2.92. The van der Waals surface area contributed by atoms with Crippen LogP contribution in [-0.2, 0) is 0 Å². The van der Waals surface area contributed by atoms with E-state index in [1.54, 1.807) is 0 Å². The van der Waals surface area contributed by atoms with E-state index in [0.717, 1.165) is 5.56 Å². The van der Waals surface area contributed by atoms with E-state index in [-0.39, 0.29) is 0 Å². The molecule has 10 heavy (non-hydrogen) atoms. The Balaban J connectivity index is 2.67. The third-order valence-corrected chi connectivity index (χ3v) is 1.66. The van der Waals surface area contributed by atoms with Crippen molar-refractivity contribution in [3.63, 3.8) is 0 Å². The van der Waals surface area contributed by atoms with Gasteiger partial charge in [-0.25, -0.2) is 0 Å². The molecule has 0 spiro atoms. The van der Waals surface area contributed by atoms with Gasteiger partial charge < -0.3 is 4.80 Å². The molecule has 0 heterocycles. The van der Waals surface area contributed by atoms with E-state index in [9.17, 15) is 0 Å². The molecule has 2 heteroatoms. The van der Waals surface area contributed by atoms with E-state index >= 15 is 0 Å². The molecule has 0 unspecified atom stereocenters. The molecule has 0 aliphatic rings. The first-order valence-corrected chi connectivity index (χ1v) is 4.71. The predicted molar refractivity (Wildman–Crippen MR) is 46.2 cm³/mol. The minimum Gasteiger partial charge on any atom is -0.434 e. The van der Waals surface area contributed by atoms with Crippen molar-refractivity contribution in [2.75, 3.05) is 0 Å². The summed E-state index contributed by atoms with van der Waals surface area (Å²) in [4.78, 5) is 8.58. The van der Waals surface area contributed by atoms with Gasteiger partial charge in [0.15, 0.2) is 9.76 Å². The van der Waals surface area contributed by atoms with Gasteiger partial charge in [-0.3, -0.25) is 0 Å². The lowest BCUT2D eigenvalue weighted by atomic mass is 10.2. The Morgan fingerprint density at radius 1 is 1.20 bits per heavy atom. The van der Waals surface area contributed by atoms with Crippen molar-refractivity contribution < 1.29 is 4.80 Å². The summed E-state index contributed by atoms with van der Waals surface area (Å²) in [6.45, 7) is 0. The highest BCUT2D eigenvalue weighted by atomic mass is 28.2. The molecule has 0 aliphatic heterocycles. The van der Waals surface area contributed by atoms with E-state index in [1.165, 1.54) is 0 Å². The van der Waals surface area contributed by atoms with Crippen molar-refractivity contribution in [2.24, 2.45) is 0 Å². The summed E-state index contributed by atoms with van der Waals surface area (Å²) in [7, 11) is -0.910. The van der Waals surface area contributed by atoms with Gasteiger partial charge in [-0.15, -0.1) is 0 Å². The standard InChI is InChI=1S/C8H10OSi/c9-10-7-6-8-4-2-1-3-5-8/h1-7,9H,10H2/b7-6+. The highest BCUT2D eigenvalue weighted by molar-refractivity contribution is 6.33. The molecule has 1 N–H and O–H groups in total. The monoisotopic (exact) mass is 150 g/mol. The van der Waals surface area contributed by atoms with Crippen LogP contribution in [-0.4, -0.2) is 14.6 Å². The Bertz CT molecular complexity index is 206. The van der Waals surface area contributed by atoms with E-state index in [4.69, 9.17) is 4.80 Å². The summed E-state index contributed by atoms with van der Waals surface area (Å²) in [6, 6.07) is 9.98. The number of benzene rings is 1. The Morgan fingerprint density at radius 3 is 2.50 bits per heavy atom.